The first kappa shape index (κ1) is 15.8. The lowest BCUT2D eigenvalue weighted by atomic mass is 9.94. The molecular formula is C16H24FN3O. The number of hydrogen-bond acceptors (Lipinski definition) is 3. The Bertz CT molecular complexity index is 486. The molecule has 1 aromatic rings. The van der Waals surface area contributed by atoms with Crippen molar-refractivity contribution in [2.24, 2.45) is 0 Å². The van der Waals surface area contributed by atoms with Crippen LogP contribution in [-0.4, -0.2) is 29.9 Å². The van der Waals surface area contributed by atoms with Gasteiger partial charge in [-0.25, -0.2) is 4.39 Å². The first-order valence-electron chi connectivity index (χ1n) is 7.69. The smallest absolute Gasteiger partial charge is 0.238 e. The van der Waals surface area contributed by atoms with Crippen molar-refractivity contribution >= 4 is 17.3 Å². The summed E-state index contributed by atoms with van der Waals surface area (Å²) in [5.74, 6) is -0.543. The Labute approximate surface area is 125 Å². The third-order valence-corrected chi connectivity index (χ3v) is 4.13. The molecule has 3 N–H and O–H groups in total. The number of anilines is 2. The van der Waals surface area contributed by atoms with Crippen molar-refractivity contribution in [1.82, 2.24) is 4.90 Å². The van der Waals surface area contributed by atoms with Gasteiger partial charge in [-0.15, -0.1) is 0 Å². The molecule has 21 heavy (non-hydrogen) atoms. The van der Waals surface area contributed by atoms with Gasteiger partial charge in [0.2, 0.25) is 5.91 Å². The molecule has 1 aliphatic carbocycles. The summed E-state index contributed by atoms with van der Waals surface area (Å²) in [5.41, 5.74) is 6.48. The van der Waals surface area contributed by atoms with Crippen LogP contribution in [0.1, 0.15) is 39.0 Å². The molecule has 0 aromatic heterocycles. The van der Waals surface area contributed by atoms with Gasteiger partial charge in [0.05, 0.1) is 17.9 Å². The highest BCUT2D eigenvalue weighted by atomic mass is 19.1. The lowest BCUT2D eigenvalue weighted by molar-refractivity contribution is -0.118. The van der Waals surface area contributed by atoms with E-state index in [0.29, 0.717) is 24.0 Å². The maximum Gasteiger partial charge on any atom is 0.238 e. The van der Waals surface area contributed by atoms with Crippen molar-refractivity contribution in [3.63, 3.8) is 0 Å². The molecule has 0 atom stereocenters. The van der Waals surface area contributed by atoms with Gasteiger partial charge < -0.3 is 11.1 Å². The minimum absolute atomic E-state index is 0.139. The maximum atomic E-state index is 13.2. The summed E-state index contributed by atoms with van der Waals surface area (Å²) < 4.78 is 13.2. The third-order valence-electron chi connectivity index (χ3n) is 4.13. The number of nitrogens with two attached hydrogens (primary N) is 1. The Morgan fingerprint density at radius 1 is 1.38 bits per heavy atom. The van der Waals surface area contributed by atoms with Gasteiger partial charge in [0, 0.05) is 6.04 Å². The van der Waals surface area contributed by atoms with Gasteiger partial charge in [0.25, 0.3) is 0 Å². The van der Waals surface area contributed by atoms with Crippen LogP contribution in [0.5, 0.6) is 0 Å². The summed E-state index contributed by atoms with van der Waals surface area (Å²) in [5, 5.41) is 2.71. The number of likely N-dealkylation sites (N-methyl/N-ethyl adjacent to an activating group) is 1. The van der Waals surface area contributed by atoms with Gasteiger partial charge in [-0.2, -0.15) is 0 Å². The van der Waals surface area contributed by atoms with E-state index < -0.39 is 5.82 Å². The highest BCUT2D eigenvalue weighted by molar-refractivity contribution is 5.95. The van der Waals surface area contributed by atoms with Crippen LogP contribution in [0.15, 0.2) is 18.2 Å². The predicted octanol–water partition coefficient (Wildman–Crippen LogP) is 3.00. The Morgan fingerprint density at radius 2 is 2.10 bits per heavy atom. The monoisotopic (exact) mass is 293 g/mol. The number of nitrogens with one attached hydrogen (secondary N) is 1. The number of nitrogens with zero attached hydrogens (tertiary/aromatic N) is 1. The Morgan fingerprint density at radius 3 is 2.76 bits per heavy atom. The summed E-state index contributed by atoms with van der Waals surface area (Å²) in [6, 6.07) is 4.48. The van der Waals surface area contributed by atoms with E-state index in [1.807, 2.05) is 0 Å². The van der Waals surface area contributed by atoms with Crippen LogP contribution >= 0.6 is 0 Å². The van der Waals surface area contributed by atoms with E-state index in [1.165, 1.54) is 37.5 Å². The van der Waals surface area contributed by atoms with Crippen molar-refractivity contribution in [2.45, 2.75) is 45.1 Å². The first-order chi connectivity index (χ1) is 10.1. The quantitative estimate of drug-likeness (QED) is 0.821. The highest BCUT2D eigenvalue weighted by Crippen LogP contribution is 2.23. The van der Waals surface area contributed by atoms with Gasteiger partial charge in [-0.1, -0.05) is 26.2 Å². The number of benzene rings is 1. The molecule has 1 aromatic carbocycles. The van der Waals surface area contributed by atoms with E-state index in [4.69, 9.17) is 5.73 Å². The molecule has 116 valence electrons. The number of carbonyl (C=O) groups excluding carboxylic acids is 1. The van der Waals surface area contributed by atoms with Crippen LogP contribution in [0.2, 0.25) is 0 Å². The largest absolute Gasteiger partial charge is 0.397 e. The molecule has 5 heteroatoms. The highest BCUT2D eigenvalue weighted by Gasteiger charge is 2.22. The second-order valence-corrected chi connectivity index (χ2v) is 5.63. The van der Waals surface area contributed by atoms with Crippen LogP contribution < -0.4 is 11.1 Å². The second kappa shape index (κ2) is 7.41. The predicted molar refractivity (Wildman–Crippen MR) is 83.6 cm³/mol. The van der Waals surface area contributed by atoms with Crippen LogP contribution in [0.4, 0.5) is 15.8 Å². The van der Waals surface area contributed by atoms with Crippen LogP contribution in [0, 0.1) is 5.82 Å². The number of amides is 1. The number of rotatable bonds is 5. The minimum atomic E-state index is -0.404. The third kappa shape index (κ3) is 4.43. The standard InChI is InChI=1S/C16H24FN3O/c1-2-20(13-6-4-3-5-7-13)11-16(21)19-15-10-12(17)8-9-14(15)18/h8-10,13H,2-7,11,18H2,1H3,(H,19,21). The van der Waals surface area contributed by atoms with Crippen LogP contribution in [0.25, 0.3) is 0 Å². The van der Waals surface area contributed by atoms with Crippen LogP contribution in [0.3, 0.4) is 0 Å². The Kier molecular flexibility index (Phi) is 5.56. The van der Waals surface area contributed by atoms with E-state index in [1.54, 1.807) is 0 Å². The molecule has 0 saturated heterocycles. The summed E-state index contributed by atoms with van der Waals surface area (Å²) >= 11 is 0. The first-order valence-corrected chi connectivity index (χ1v) is 7.69. The molecule has 1 aliphatic rings. The van der Waals surface area contributed by atoms with Gasteiger partial charge in [-0.3, -0.25) is 9.69 Å². The van der Waals surface area contributed by atoms with Crippen molar-refractivity contribution in [2.75, 3.05) is 24.1 Å². The van der Waals surface area contributed by atoms with Gasteiger partial charge >= 0.3 is 0 Å². The summed E-state index contributed by atoms with van der Waals surface area (Å²) in [6.07, 6.45) is 6.08. The van der Waals surface area contributed by atoms with Gasteiger partial charge in [0.1, 0.15) is 5.82 Å². The van der Waals surface area contributed by atoms with Crippen molar-refractivity contribution < 1.29 is 9.18 Å². The Balaban J connectivity index is 1.94. The van der Waals surface area contributed by atoms with E-state index in [0.717, 1.165) is 19.4 Å². The number of nitrogen functional groups attached to an aromatic ring is 1. The molecule has 0 heterocycles. The van der Waals surface area contributed by atoms with Crippen molar-refractivity contribution in [3.8, 4) is 0 Å². The molecule has 0 radical (unpaired) electrons. The summed E-state index contributed by atoms with van der Waals surface area (Å²) in [4.78, 5) is 14.4. The zero-order valence-corrected chi connectivity index (χ0v) is 12.6. The zero-order chi connectivity index (χ0) is 15.2. The average molecular weight is 293 g/mol. The fraction of sp³-hybridized carbons (Fsp3) is 0.562. The molecular weight excluding hydrogens is 269 g/mol. The van der Waals surface area contributed by atoms with Gasteiger partial charge in [-0.05, 0) is 37.6 Å². The Hall–Kier alpha value is -1.62. The molecule has 2 rings (SSSR count). The molecule has 1 fully saturated rings. The normalized spacial score (nSPS) is 16.1. The number of hydrogen-bond donors (Lipinski definition) is 2. The lowest BCUT2D eigenvalue weighted by Gasteiger charge is -2.32. The van der Waals surface area contributed by atoms with E-state index in [9.17, 15) is 9.18 Å². The topological polar surface area (TPSA) is 58.4 Å². The van der Waals surface area contributed by atoms with E-state index in [-0.39, 0.29) is 5.91 Å². The molecule has 0 unspecified atom stereocenters. The molecule has 1 amide bonds. The number of carbonyl (C=O) groups is 1. The molecule has 0 spiro atoms. The van der Waals surface area contributed by atoms with E-state index >= 15 is 0 Å². The molecule has 1 saturated carbocycles. The van der Waals surface area contributed by atoms with E-state index in [2.05, 4.69) is 17.1 Å². The fourth-order valence-corrected chi connectivity index (χ4v) is 2.96. The zero-order valence-electron chi connectivity index (χ0n) is 12.6. The second-order valence-electron chi connectivity index (χ2n) is 5.63. The fourth-order valence-electron chi connectivity index (χ4n) is 2.96. The summed E-state index contributed by atoms with van der Waals surface area (Å²) in [7, 11) is 0. The van der Waals surface area contributed by atoms with Crippen molar-refractivity contribution in [1.29, 1.82) is 0 Å². The van der Waals surface area contributed by atoms with Crippen molar-refractivity contribution in [3.05, 3.63) is 24.0 Å². The van der Waals surface area contributed by atoms with Gasteiger partial charge in [0.15, 0.2) is 0 Å². The molecule has 4 nitrogen and oxygen atoms in total. The lowest BCUT2D eigenvalue weighted by Crippen LogP contribution is -2.41. The SMILES string of the molecule is CCN(CC(=O)Nc1cc(F)ccc1N)C1CCCCC1. The number of halogens is 1. The molecule has 0 bridgehead atoms. The maximum absolute atomic E-state index is 13.2. The summed E-state index contributed by atoms with van der Waals surface area (Å²) in [6.45, 7) is 3.24. The minimum Gasteiger partial charge on any atom is -0.397 e. The molecule has 0 aliphatic heterocycles. The van der Waals surface area contributed by atoms with Crippen LogP contribution in [-0.2, 0) is 4.79 Å². The average Bonchev–Trinajstić information content (AvgIpc) is 2.49.